The van der Waals surface area contributed by atoms with Crippen molar-refractivity contribution in [1.82, 2.24) is 5.32 Å². The molecule has 6 heteroatoms. The summed E-state index contributed by atoms with van der Waals surface area (Å²) in [6.45, 7) is 7.53. The lowest BCUT2D eigenvalue weighted by molar-refractivity contribution is -0.118. The molecule has 0 spiro atoms. The molecule has 0 heterocycles. The maximum Gasteiger partial charge on any atom is 0.262 e. The first-order valence-corrected chi connectivity index (χ1v) is 9.28. The molecule has 2 aromatic carbocycles. The Morgan fingerprint density at radius 1 is 1.15 bits per heavy atom. The predicted octanol–water partition coefficient (Wildman–Crippen LogP) is 4.50. The first-order valence-electron chi connectivity index (χ1n) is 8.91. The summed E-state index contributed by atoms with van der Waals surface area (Å²) >= 11 is 6.14. The third-order valence-electron chi connectivity index (χ3n) is 4.22. The van der Waals surface area contributed by atoms with Crippen molar-refractivity contribution in [2.75, 3.05) is 11.9 Å². The molecule has 2 N–H and O–H groups in total. The van der Waals surface area contributed by atoms with Gasteiger partial charge in [-0.2, -0.15) is 0 Å². The molecule has 144 valence electrons. The Labute approximate surface area is 165 Å². The van der Waals surface area contributed by atoms with Gasteiger partial charge in [0.15, 0.2) is 6.61 Å². The largest absolute Gasteiger partial charge is 0.484 e. The zero-order valence-corrected chi connectivity index (χ0v) is 16.8. The molecule has 0 radical (unpaired) electrons. The van der Waals surface area contributed by atoms with Crippen molar-refractivity contribution < 1.29 is 14.3 Å². The average molecular weight is 389 g/mol. The molecule has 2 aromatic rings. The Morgan fingerprint density at radius 2 is 1.78 bits per heavy atom. The Morgan fingerprint density at radius 3 is 2.41 bits per heavy atom. The van der Waals surface area contributed by atoms with Crippen LogP contribution in [-0.4, -0.2) is 24.5 Å². The normalized spacial score (nSPS) is 11.6. The van der Waals surface area contributed by atoms with Crippen LogP contribution in [0.2, 0.25) is 5.02 Å². The van der Waals surface area contributed by atoms with Gasteiger partial charge in [-0.1, -0.05) is 30.7 Å². The minimum atomic E-state index is -0.343. The van der Waals surface area contributed by atoms with Gasteiger partial charge < -0.3 is 15.4 Å². The third-order valence-corrected chi connectivity index (χ3v) is 4.81. The number of aryl methyl sites for hydroxylation is 2. The number of rotatable bonds is 7. The first kappa shape index (κ1) is 20.8. The second-order valence-electron chi connectivity index (χ2n) is 6.54. The van der Waals surface area contributed by atoms with E-state index in [9.17, 15) is 9.59 Å². The number of ether oxygens (including phenoxy) is 1. The van der Waals surface area contributed by atoms with Gasteiger partial charge >= 0.3 is 0 Å². The second kappa shape index (κ2) is 9.42. The number of halogens is 1. The van der Waals surface area contributed by atoms with Crippen LogP contribution in [0.3, 0.4) is 0 Å². The number of para-hydroxylation sites is 1. The maximum atomic E-state index is 12.4. The molecule has 2 rings (SSSR count). The molecule has 0 aliphatic rings. The number of carbonyl (C=O) groups is 2. The van der Waals surface area contributed by atoms with Crippen LogP contribution in [0.15, 0.2) is 36.4 Å². The molecule has 27 heavy (non-hydrogen) atoms. The van der Waals surface area contributed by atoms with Crippen molar-refractivity contribution in [1.29, 1.82) is 0 Å². The van der Waals surface area contributed by atoms with E-state index in [4.69, 9.17) is 16.3 Å². The van der Waals surface area contributed by atoms with E-state index in [2.05, 4.69) is 10.6 Å². The van der Waals surface area contributed by atoms with E-state index in [1.54, 1.807) is 36.4 Å². The highest BCUT2D eigenvalue weighted by atomic mass is 35.5. The monoisotopic (exact) mass is 388 g/mol. The fourth-order valence-electron chi connectivity index (χ4n) is 2.52. The van der Waals surface area contributed by atoms with Crippen LogP contribution in [0.5, 0.6) is 5.75 Å². The number of carbonyl (C=O) groups excluding carboxylic acids is 2. The van der Waals surface area contributed by atoms with Crippen molar-refractivity contribution in [2.45, 2.75) is 40.2 Å². The summed E-state index contributed by atoms with van der Waals surface area (Å²) in [5.74, 6) is 0.0153. The molecular formula is C21H25ClN2O3. The Kier molecular flexibility index (Phi) is 7.25. The number of nitrogens with one attached hydrogen (secondary N) is 2. The van der Waals surface area contributed by atoms with E-state index in [-0.39, 0.29) is 24.5 Å². The summed E-state index contributed by atoms with van der Waals surface area (Å²) in [6.07, 6.45) is 0.827. The predicted molar refractivity (Wildman–Crippen MR) is 109 cm³/mol. The highest BCUT2D eigenvalue weighted by Crippen LogP contribution is 2.25. The van der Waals surface area contributed by atoms with Gasteiger partial charge in [-0.15, -0.1) is 0 Å². The Bertz CT molecular complexity index is 813. The van der Waals surface area contributed by atoms with Gasteiger partial charge in [-0.25, -0.2) is 0 Å². The van der Waals surface area contributed by atoms with Crippen LogP contribution in [-0.2, 0) is 4.79 Å². The molecule has 0 saturated carbocycles. The van der Waals surface area contributed by atoms with E-state index < -0.39 is 0 Å². The number of benzene rings is 2. The van der Waals surface area contributed by atoms with Crippen molar-refractivity contribution in [2.24, 2.45) is 0 Å². The topological polar surface area (TPSA) is 67.4 Å². The van der Waals surface area contributed by atoms with Crippen LogP contribution < -0.4 is 15.4 Å². The van der Waals surface area contributed by atoms with Gasteiger partial charge in [0, 0.05) is 11.1 Å². The molecule has 0 fully saturated rings. The van der Waals surface area contributed by atoms with Crippen LogP contribution >= 0.6 is 11.6 Å². The lowest BCUT2D eigenvalue weighted by atomic mass is 10.1. The van der Waals surface area contributed by atoms with E-state index in [1.165, 1.54) is 0 Å². The second-order valence-corrected chi connectivity index (χ2v) is 6.91. The fraction of sp³-hybridized carbons (Fsp3) is 0.333. The Balaban J connectivity index is 2.03. The number of amides is 2. The summed E-state index contributed by atoms with van der Waals surface area (Å²) in [6, 6.07) is 10.5. The maximum absolute atomic E-state index is 12.4. The summed E-state index contributed by atoms with van der Waals surface area (Å²) in [4.78, 5) is 24.7. The summed E-state index contributed by atoms with van der Waals surface area (Å²) in [5, 5.41) is 6.33. The summed E-state index contributed by atoms with van der Waals surface area (Å²) in [7, 11) is 0. The highest BCUT2D eigenvalue weighted by Gasteiger charge is 2.15. The molecule has 0 aliphatic heterocycles. The fourth-order valence-corrected chi connectivity index (χ4v) is 2.63. The lowest BCUT2D eigenvalue weighted by Crippen LogP contribution is -2.33. The SMILES string of the molecule is CCC(C)NC(=O)c1ccccc1NC(=O)COc1cc(C)c(Cl)c(C)c1. The lowest BCUT2D eigenvalue weighted by Gasteiger charge is -2.15. The number of anilines is 1. The molecule has 5 nitrogen and oxygen atoms in total. The minimum Gasteiger partial charge on any atom is -0.484 e. The third kappa shape index (κ3) is 5.73. The van der Waals surface area contributed by atoms with E-state index in [0.29, 0.717) is 22.0 Å². The average Bonchev–Trinajstić information content (AvgIpc) is 2.64. The van der Waals surface area contributed by atoms with Crippen molar-refractivity contribution >= 4 is 29.1 Å². The minimum absolute atomic E-state index is 0.0565. The highest BCUT2D eigenvalue weighted by molar-refractivity contribution is 6.32. The van der Waals surface area contributed by atoms with Crippen LogP contribution in [0.4, 0.5) is 5.69 Å². The molecular weight excluding hydrogens is 364 g/mol. The molecule has 2 amide bonds. The van der Waals surface area contributed by atoms with Gasteiger partial charge in [0.25, 0.3) is 11.8 Å². The molecule has 0 bridgehead atoms. The van der Waals surface area contributed by atoms with E-state index >= 15 is 0 Å². The number of hydrogen-bond donors (Lipinski definition) is 2. The van der Waals surface area contributed by atoms with Crippen LogP contribution in [0.25, 0.3) is 0 Å². The van der Waals surface area contributed by atoms with Gasteiger partial charge in [0.1, 0.15) is 5.75 Å². The van der Waals surface area contributed by atoms with Gasteiger partial charge in [0.05, 0.1) is 11.3 Å². The molecule has 1 unspecified atom stereocenters. The zero-order valence-electron chi connectivity index (χ0n) is 16.1. The zero-order chi connectivity index (χ0) is 20.0. The quantitative estimate of drug-likeness (QED) is 0.733. The van der Waals surface area contributed by atoms with Gasteiger partial charge in [0.2, 0.25) is 0 Å². The van der Waals surface area contributed by atoms with Gasteiger partial charge in [-0.3, -0.25) is 9.59 Å². The van der Waals surface area contributed by atoms with Crippen LogP contribution in [0, 0.1) is 13.8 Å². The Hall–Kier alpha value is -2.53. The first-order chi connectivity index (χ1) is 12.8. The molecule has 0 saturated heterocycles. The van der Waals surface area contributed by atoms with E-state index in [1.807, 2.05) is 27.7 Å². The molecule has 1 atom stereocenters. The standard InChI is InChI=1S/C21H25ClN2O3/c1-5-15(4)23-21(26)17-8-6-7-9-18(17)24-19(25)12-27-16-10-13(2)20(22)14(3)11-16/h6-11,15H,5,12H2,1-4H3,(H,23,26)(H,24,25). The van der Waals surface area contributed by atoms with Crippen molar-refractivity contribution in [3.05, 3.63) is 58.1 Å². The van der Waals surface area contributed by atoms with Crippen LogP contribution in [0.1, 0.15) is 41.8 Å². The van der Waals surface area contributed by atoms with Crippen molar-refractivity contribution in [3.63, 3.8) is 0 Å². The van der Waals surface area contributed by atoms with E-state index in [0.717, 1.165) is 17.5 Å². The number of hydrogen-bond acceptors (Lipinski definition) is 3. The van der Waals surface area contributed by atoms with Crippen molar-refractivity contribution in [3.8, 4) is 5.75 Å². The summed E-state index contributed by atoms with van der Waals surface area (Å²) < 4.78 is 5.57. The summed E-state index contributed by atoms with van der Waals surface area (Å²) in [5.41, 5.74) is 2.65. The molecule has 0 aliphatic carbocycles. The molecule has 0 aromatic heterocycles. The van der Waals surface area contributed by atoms with Gasteiger partial charge in [-0.05, 0) is 62.6 Å². The smallest absolute Gasteiger partial charge is 0.262 e.